The van der Waals surface area contributed by atoms with Gasteiger partial charge in [0.2, 0.25) is 0 Å². The molecule has 24 heavy (non-hydrogen) atoms. The number of ether oxygens (including phenoxy) is 2. The summed E-state index contributed by atoms with van der Waals surface area (Å²) in [4.78, 5) is 11.8. The molecule has 0 saturated heterocycles. The van der Waals surface area contributed by atoms with Crippen LogP contribution in [0.25, 0.3) is 0 Å². The Hall–Kier alpha value is -2.06. The number of para-hydroxylation sites is 1. The Morgan fingerprint density at radius 2 is 1.79 bits per heavy atom. The van der Waals surface area contributed by atoms with Crippen LogP contribution in [-0.4, -0.2) is 26.5 Å². The van der Waals surface area contributed by atoms with Gasteiger partial charge in [0, 0.05) is 11.3 Å². The van der Waals surface area contributed by atoms with Crippen molar-refractivity contribution in [2.75, 3.05) is 19.5 Å². The second-order valence-electron chi connectivity index (χ2n) is 4.52. The molecule has 8 heteroatoms. The number of carbonyl (C=O) groups is 1. The number of nitrogens with one attached hydrogen (secondary N) is 2. The number of methoxy groups -OCH3 is 2. The summed E-state index contributed by atoms with van der Waals surface area (Å²) in [6, 6.07) is 10.4. The molecule has 0 atom stereocenters. The molecule has 0 heterocycles. The Kier molecular flexibility index (Phi) is 6.62. The highest BCUT2D eigenvalue weighted by molar-refractivity contribution is 9.11. The van der Waals surface area contributed by atoms with E-state index in [9.17, 15) is 4.79 Å². The van der Waals surface area contributed by atoms with Gasteiger partial charge in [-0.15, -0.1) is 0 Å². The first kappa shape index (κ1) is 18.3. The number of halogens is 2. The third-order valence-corrected chi connectivity index (χ3v) is 4.28. The van der Waals surface area contributed by atoms with Crippen molar-refractivity contribution in [2.45, 2.75) is 0 Å². The number of rotatable bonds is 5. The zero-order valence-electron chi connectivity index (χ0n) is 13.0. The van der Waals surface area contributed by atoms with Gasteiger partial charge in [0.15, 0.2) is 5.75 Å². The third-order valence-electron chi connectivity index (χ3n) is 2.97. The molecule has 0 aliphatic rings. The predicted octanol–water partition coefficient (Wildman–Crippen LogP) is 4.38. The van der Waals surface area contributed by atoms with Crippen molar-refractivity contribution in [1.82, 2.24) is 5.43 Å². The number of hydrogen-bond acceptors (Lipinski definition) is 4. The van der Waals surface area contributed by atoms with Crippen LogP contribution in [0, 0.1) is 0 Å². The maximum Gasteiger partial charge on any atom is 0.339 e. The van der Waals surface area contributed by atoms with E-state index in [2.05, 4.69) is 47.7 Å². The molecule has 2 aromatic rings. The Morgan fingerprint density at radius 1 is 1.12 bits per heavy atom. The maximum absolute atomic E-state index is 11.8. The molecule has 126 valence electrons. The predicted molar refractivity (Wildman–Crippen MR) is 101 cm³/mol. The number of carbonyl (C=O) groups excluding carboxylic acids is 1. The number of hydrazone groups is 1. The molecular weight excluding hydrogens is 442 g/mol. The van der Waals surface area contributed by atoms with Crippen LogP contribution in [0.15, 0.2) is 50.4 Å². The SMILES string of the molecule is COc1c(Br)cc(/C=N/NC(=O)Nc2ccccc2)c(OC)c1Br. The van der Waals surface area contributed by atoms with Crippen LogP contribution in [0.4, 0.5) is 10.5 Å². The lowest BCUT2D eigenvalue weighted by Gasteiger charge is -2.13. The molecule has 0 fully saturated rings. The van der Waals surface area contributed by atoms with Gasteiger partial charge in [0.1, 0.15) is 10.2 Å². The van der Waals surface area contributed by atoms with Crippen molar-refractivity contribution in [1.29, 1.82) is 0 Å². The summed E-state index contributed by atoms with van der Waals surface area (Å²) in [5.74, 6) is 1.16. The Bertz CT molecular complexity index is 752. The van der Waals surface area contributed by atoms with Crippen LogP contribution in [0.3, 0.4) is 0 Å². The molecule has 2 aromatic carbocycles. The quantitative estimate of drug-likeness (QED) is 0.517. The minimum atomic E-state index is -0.442. The average Bonchev–Trinajstić information content (AvgIpc) is 2.56. The highest BCUT2D eigenvalue weighted by Gasteiger charge is 2.15. The topological polar surface area (TPSA) is 72.0 Å². The molecule has 0 spiro atoms. The molecule has 0 aliphatic heterocycles. The largest absolute Gasteiger partial charge is 0.495 e. The first-order chi connectivity index (χ1) is 11.6. The van der Waals surface area contributed by atoms with E-state index in [0.717, 1.165) is 4.47 Å². The van der Waals surface area contributed by atoms with E-state index in [1.807, 2.05) is 18.2 Å². The molecule has 0 radical (unpaired) electrons. The second kappa shape index (κ2) is 8.70. The van der Waals surface area contributed by atoms with Gasteiger partial charge < -0.3 is 14.8 Å². The minimum Gasteiger partial charge on any atom is -0.495 e. The first-order valence-electron chi connectivity index (χ1n) is 6.82. The van der Waals surface area contributed by atoms with Crippen molar-refractivity contribution in [3.05, 3.63) is 50.9 Å². The summed E-state index contributed by atoms with van der Waals surface area (Å²) in [5, 5.41) is 6.60. The van der Waals surface area contributed by atoms with Gasteiger partial charge >= 0.3 is 6.03 Å². The first-order valence-corrected chi connectivity index (χ1v) is 8.40. The smallest absolute Gasteiger partial charge is 0.339 e. The van der Waals surface area contributed by atoms with Crippen molar-refractivity contribution < 1.29 is 14.3 Å². The highest BCUT2D eigenvalue weighted by atomic mass is 79.9. The summed E-state index contributed by atoms with van der Waals surface area (Å²) in [6.45, 7) is 0. The van der Waals surface area contributed by atoms with E-state index in [1.54, 1.807) is 32.4 Å². The van der Waals surface area contributed by atoms with Gasteiger partial charge in [-0.05, 0) is 50.1 Å². The molecule has 0 unspecified atom stereocenters. The van der Waals surface area contributed by atoms with Gasteiger partial charge in [0.05, 0.1) is 24.9 Å². The van der Waals surface area contributed by atoms with E-state index in [-0.39, 0.29) is 0 Å². The van der Waals surface area contributed by atoms with Crippen LogP contribution < -0.4 is 20.2 Å². The van der Waals surface area contributed by atoms with Gasteiger partial charge in [-0.3, -0.25) is 0 Å². The molecule has 2 N–H and O–H groups in total. The molecule has 0 saturated carbocycles. The summed E-state index contributed by atoms with van der Waals surface area (Å²) in [6.07, 6.45) is 1.48. The molecule has 2 amide bonds. The molecule has 2 rings (SSSR count). The van der Waals surface area contributed by atoms with E-state index < -0.39 is 6.03 Å². The van der Waals surface area contributed by atoms with Gasteiger partial charge in [0.25, 0.3) is 0 Å². The lowest BCUT2D eigenvalue weighted by molar-refractivity contribution is 0.252. The van der Waals surface area contributed by atoms with Crippen LogP contribution in [-0.2, 0) is 0 Å². The molecule has 0 bridgehead atoms. The van der Waals surface area contributed by atoms with Crippen LogP contribution in [0.2, 0.25) is 0 Å². The average molecular weight is 457 g/mol. The van der Waals surface area contributed by atoms with Crippen LogP contribution in [0.1, 0.15) is 5.56 Å². The fourth-order valence-electron chi connectivity index (χ4n) is 1.93. The normalized spacial score (nSPS) is 10.5. The van der Waals surface area contributed by atoms with Crippen molar-refractivity contribution in [3.8, 4) is 11.5 Å². The van der Waals surface area contributed by atoms with Gasteiger partial charge in [-0.25, -0.2) is 10.2 Å². The molecule has 0 aliphatic carbocycles. The molecular formula is C16H15Br2N3O3. The fraction of sp³-hybridized carbons (Fsp3) is 0.125. The summed E-state index contributed by atoms with van der Waals surface area (Å²) in [7, 11) is 3.11. The molecule has 0 aromatic heterocycles. The standard InChI is InChI=1S/C16H15Br2N3O3/c1-23-14-10(8-12(17)15(24-2)13(14)18)9-19-21-16(22)20-11-6-4-3-5-7-11/h3-9H,1-2H3,(H2,20,21,22)/b19-9+. The number of nitrogens with zero attached hydrogens (tertiary/aromatic N) is 1. The number of amides is 2. The zero-order chi connectivity index (χ0) is 17.5. The van der Waals surface area contributed by atoms with Crippen molar-refractivity contribution >= 4 is 49.8 Å². The Morgan fingerprint density at radius 3 is 2.42 bits per heavy atom. The van der Waals surface area contributed by atoms with E-state index in [1.165, 1.54) is 6.21 Å². The Balaban J connectivity index is 2.10. The van der Waals surface area contributed by atoms with E-state index in [4.69, 9.17) is 9.47 Å². The maximum atomic E-state index is 11.8. The van der Waals surface area contributed by atoms with Crippen LogP contribution >= 0.6 is 31.9 Å². The van der Waals surface area contributed by atoms with E-state index in [0.29, 0.717) is 27.2 Å². The highest BCUT2D eigenvalue weighted by Crippen LogP contribution is 2.41. The fourth-order valence-corrected chi connectivity index (χ4v) is 3.57. The van der Waals surface area contributed by atoms with Gasteiger partial charge in [-0.1, -0.05) is 18.2 Å². The third kappa shape index (κ3) is 4.48. The van der Waals surface area contributed by atoms with Crippen molar-refractivity contribution in [3.63, 3.8) is 0 Å². The number of anilines is 1. The minimum absolute atomic E-state index is 0.442. The van der Waals surface area contributed by atoms with Crippen molar-refractivity contribution in [2.24, 2.45) is 5.10 Å². The van der Waals surface area contributed by atoms with E-state index >= 15 is 0 Å². The lowest BCUT2D eigenvalue weighted by Crippen LogP contribution is -2.24. The summed E-state index contributed by atoms with van der Waals surface area (Å²) < 4.78 is 12.0. The summed E-state index contributed by atoms with van der Waals surface area (Å²) >= 11 is 6.84. The van der Waals surface area contributed by atoms with Gasteiger partial charge in [-0.2, -0.15) is 5.10 Å². The monoisotopic (exact) mass is 455 g/mol. The lowest BCUT2D eigenvalue weighted by atomic mass is 10.2. The van der Waals surface area contributed by atoms with Crippen LogP contribution in [0.5, 0.6) is 11.5 Å². The second-order valence-corrected chi connectivity index (χ2v) is 6.17. The Labute approximate surface area is 156 Å². The zero-order valence-corrected chi connectivity index (χ0v) is 16.1. The summed E-state index contributed by atoms with van der Waals surface area (Å²) in [5.41, 5.74) is 3.74. The number of benzene rings is 2. The number of urea groups is 1. The number of hydrogen-bond donors (Lipinski definition) is 2. The molecule has 6 nitrogen and oxygen atoms in total.